The average Bonchev–Trinajstić information content (AvgIpc) is 3.20. The molecule has 5 rings (SSSR count). The highest BCUT2D eigenvalue weighted by Crippen LogP contribution is 2.44. The summed E-state index contributed by atoms with van der Waals surface area (Å²) in [6, 6.07) is 10.9. The van der Waals surface area contributed by atoms with E-state index in [1.807, 2.05) is 25.2 Å². The number of amides is 2. The van der Waals surface area contributed by atoms with Crippen LogP contribution in [0.4, 0.5) is 29.5 Å². The number of hydrogen-bond donors (Lipinski definition) is 2. The summed E-state index contributed by atoms with van der Waals surface area (Å²) in [6.45, 7) is 1.72. The van der Waals surface area contributed by atoms with Gasteiger partial charge >= 0.3 is 12.2 Å². The molecule has 0 bridgehead atoms. The lowest BCUT2D eigenvalue weighted by atomic mass is 9.69. The maximum absolute atomic E-state index is 14.0. The largest absolute Gasteiger partial charge is 0.420 e. The van der Waals surface area contributed by atoms with Crippen molar-refractivity contribution in [3.05, 3.63) is 53.7 Å². The standard InChI is InChI=1S/C25H30F3N5O2/c1-29-24(18-5-3-2-4-6-18)9-7-23(8-10-24)17-33(22(34)31-23)19-15-20(25(26,27)28)21(30-16-19)32-11-13-35-14-12-32/h2-6,15-16,29H,7-14,17H2,1H3,(H,31,34). The highest BCUT2D eigenvalue weighted by atomic mass is 19.4. The Balaban J connectivity index is 1.37. The molecule has 2 N–H and O–H groups in total. The predicted molar refractivity (Wildman–Crippen MR) is 127 cm³/mol. The van der Waals surface area contributed by atoms with Gasteiger partial charge in [0.05, 0.1) is 37.2 Å². The molecule has 0 atom stereocenters. The minimum atomic E-state index is -4.59. The van der Waals surface area contributed by atoms with Crippen molar-refractivity contribution in [2.75, 3.05) is 49.7 Å². The first-order valence-electron chi connectivity index (χ1n) is 12.0. The Hall–Kier alpha value is -2.85. The molecule has 3 fully saturated rings. The molecule has 1 aromatic carbocycles. The van der Waals surface area contributed by atoms with Crippen molar-refractivity contribution in [2.24, 2.45) is 0 Å². The third-order valence-electron chi connectivity index (χ3n) is 7.72. The first kappa shape index (κ1) is 23.9. The van der Waals surface area contributed by atoms with Crippen molar-refractivity contribution in [2.45, 2.75) is 42.9 Å². The molecule has 2 amide bonds. The maximum atomic E-state index is 14.0. The van der Waals surface area contributed by atoms with Gasteiger partial charge in [-0.1, -0.05) is 30.3 Å². The third-order valence-corrected chi connectivity index (χ3v) is 7.72. The van der Waals surface area contributed by atoms with Gasteiger partial charge in [0.25, 0.3) is 0 Å². The van der Waals surface area contributed by atoms with Crippen molar-refractivity contribution >= 4 is 17.5 Å². The Morgan fingerprint density at radius 3 is 2.40 bits per heavy atom. The van der Waals surface area contributed by atoms with E-state index < -0.39 is 17.3 Å². The summed E-state index contributed by atoms with van der Waals surface area (Å²) in [4.78, 5) is 20.1. The Morgan fingerprint density at radius 1 is 1.09 bits per heavy atom. The lowest BCUT2D eigenvalue weighted by molar-refractivity contribution is -0.137. The summed E-state index contributed by atoms with van der Waals surface area (Å²) >= 11 is 0. The van der Waals surface area contributed by atoms with Crippen LogP contribution in [-0.2, 0) is 16.5 Å². The van der Waals surface area contributed by atoms with Crippen LogP contribution in [0.1, 0.15) is 36.8 Å². The Bertz CT molecular complexity index is 1060. The molecule has 1 saturated carbocycles. The number of ether oxygens (including phenoxy) is 1. The molecule has 2 aliphatic heterocycles. The van der Waals surface area contributed by atoms with Crippen molar-refractivity contribution in [3.8, 4) is 0 Å². The van der Waals surface area contributed by atoms with E-state index in [1.54, 1.807) is 4.90 Å². The van der Waals surface area contributed by atoms with Gasteiger partial charge in [0.1, 0.15) is 11.4 Å². The van der Waals surface area contributed by atoms with Crippen LogP contribution in [0.5, 0.6) is 0 Å². The van der Waals surface area contributed by atoms with Crippen LogP contribution in [0.3, 0.4) is 0 Å². The molecule has 7 nitrogen and oxygen atoms in total. The molecule has 35 heavy (non-hydrogen) atoms. The minimum Gasteiger partial charge on any atom is -0.378 e. The van der Waals surface area contributed by atoms with Gasteiger partial charge in [-0.05, 0) is 44.4 Å². The zero-order valence-electron chi connectivity index (χ0n) is 19.7. The van der Waals surface area contributed by atoms with Gasteiger partial charge in [0.2, 0.25) is 0 Å². The van der Waals surface area contributed by atoms with E-state index in [9.17, 15) is 18.0 Å². The molecule has 10 heteroatoms. The van der Waals surface area contributed by atoms with E-state index in [0.717, 1.165) is 31.7 Å². The molecule has 2 saturated heterocycles. The topological polar surface area (TPSA) is 69.7 Å². The van der Waals surface area contributed by atoms with Gasteiger partial charge in [-0.2, -0.15) is 13.2 Å². The summed E-state index contributed by atoms with van der Waals surface area (Å²) in [6.07, 6.45) is -0.152. The number of halogens is 3. The first-order valence-corrected chi connectivity index (χ1v) is 12.0. The Kier molecular flexibility index (Phi) is 6.13. The number of carbonyl (C=O) groups is 1. The number of pyridine rings is 1. The first-order chi connectivity index (χ1) is 16.8. The molecular formula is C25H30F3N5O2. The van der Waals surface area contributed by atoms with Gasteiger partial charge in [0.15, 0.2) is 0 Å². The highest BCUT2D eigenvalue weighted by molar-refractivity contribution is 5.95. The molecule has 188 valence electrons. The van der Waals surface area contributed by atoms with Crippen LogP contribution < -0.4 is 20.4 Å². The zero-order chi connectivity index (χ0) is 24.7. The van der Waals surface area contributed by atoms with Crippen LogP contribution in [0.15, 0.2) is 42.6 Å². The number of carbonyl (C=O) groups excluding carboxylic acids is 1. The lowest BCUT2D eigenvalue weighted by Gasteiger charge is -2.45. The lowest BCUT2D eigenvalue weighted by Crippen LogP contribution is -2.53. The fourth-order valence-electron chi connectivity index (χ4n) is 5.63. The summed E-state index contributed by atoms with van der Waals surface area (Å²) in [7, 11) is 1.95. The number of urea groups is 1. The van der Waals surface area contributed by atoms with Crippen molar-refractivity contribution in [1.82, 2.24) is 15.6 Å². The minimum absolute atomic E-state index is 0.113. The van der Waals surface area contributed by atoms with Crippen LogP contribution >= 0.6 is 0 Å². The number of benzene rings is 1. The maximum Gasteiger partial charge on any atom is 0.420 e. The molecule has 1 spiro atoms. The number of nitrogens with zero attached hydrogens (tertiary/aromatic N) is 3. The van der Waals surface area contributed by atoms with Crippen LogP contribution in [-0.4, -0.2) is 56.4 Å². The molecule has 1 aromatic heterocycles. The molecule has 2 aromatic rings. The number of alkyl halides is 3. The number of aromatic nitrogens is 1. The second-order valence-corrected chi connectivity index (χ2v) is 9.66. The summed E-state index contributed by atoms with van der Waals surface area (Å²) in [5, 5.41) is 6.57. The normalized spacial score (nSPS) is 27.4. The van der Waals surface area contributed by atoms with Crippen molar-refractivity contribution in [1.29, 1.82) is 0 Å². The van der Waals surface area contributed by atoms with E-state index in [0.29, 0.717) is 32.8 Å². The highest BCUT2D eigenvalue weighted by Gasteiger charge is 2.49. The summed E-state index contributed by atoms with van der Waals surface area (Å²) in [5.74, 6) is -0.113. The Morgan fingerprint density at radius 2 is 1.77 bits per heavy atom. The van der Waals surface area contributed by atoms with Crippen LogP contribution in [0.25, 0.3) is 0 Å². The fourth-order valence-corrected chi connectivity index (χ4v) is 5.63. The van der Waals surface area contributed by atoms with Crippen LogP contribution in [0.2, 0.25) is 0 Å². The van der Waals surface area contributed by atoms with Gasteiger partial charge in [-0.3, -0.25) is 4.90 Å². The SMILES string of the molecule is CNC1(c2ccccc2)CCC2(CC1)CN(c1cnc(N3CCOCC3)c(C(F)(F)F)c1)C(=O)N2. The average molecular weight is 490 g/mol. The van der Waals surface area contributed by atoms with Crippen LogP contribution in [0, 0.1) is 0 Å². The van der Waals surface area contributed by atoms with Gasteiger partial charge < -0.3 is 20.3 Å². The molecule has 3 heterocycles. The zero-order valence-corrected chi connectivity index (χ0v) is 19.7. The van der Waals surface area contributed by atoms with E-state index in [1.165, 1.54) is 16.7 Å². The molecule has 1 aliphatic carbocycles. The van der Waals surface area contributed by atoms with Crippen molar-refractivity contribution < 1.29 is 22.7 Å². The number of hydrogen-bond acceptors (Lipinski definition) is 5. The quantitative estimate of drug-likeness (QED) is 0.682. The van der Waals surface area contributed by atoms with E-state index in [4.69, 9.17) is 4.74 Å². The fraction of sp³-hybridized carbons (Fsp3) is 0.520. The molecule has 3 aliphatic rings. The van der Waals surface area contributed by atoms with Gasteiger partial charge in [-0.15, -0.1) is 0 Å². The third kappa shape index (κ3) is 4.45. The monoisotopic (exact) mass is 489 g/mol. The van der Waals surface area contributed by atoms with Gasteiger partial charge in [-0.25, -0.2) is 9.78 Å². The van der Waals surface area contributed by atoms with E-state index in [-0.39, 0.29) is 23.1 Å². The smallest absolute Gasteiger partial charge is 0.378 e. The summed E-state index contributed by atoms with van der Waals surface area (Å²) < 4.78 is 47.2. The second kappa shape index (κ2) is 8.98. The molecular weight excluding hydrogens is 459 g/mol. The second-order valence-electron chi connectivity index (χ2n) is 9.66. The molecule has 0 radical (unpaired) electrons. The Labute approximate surface area is 202 Å². The predicted octanol–water partition coefficient (Wildman–Crippen LogP) is 3.89. The van der Waals surface area contributed by atoms with Gasteiger partial charge in [0, 0.05) is 18.6 Å². The number of anilines is 2. The number of morpholine rings is 1. The number of nitrogens with one attached hydrogen (secondary N) is 2. The molecule has 0 unspecified atom stereocenters. The summed E-state index contributed by atoms with van der Waals surface area (Å²) in [5.41, 5.74) is -0.121. The van der Waals surface area contributed by atoms with Crippen molar-refractivity contribution in [3.63, 3.8) is 0 Å². The number of rotatable bonds is 4. The van der Waals surface area contributed by atoms with E-state index >= 15 is 0 Å². The van der Waals surface area contributed by atoms with E-state index in [2.05, 4.69) is 27.8 Å².